The molecule has 0 saturated carbocycles. The van der Waals surface area contributed by atoms with E-state index >= 15 is 0 Å². The number of hydrogen-bond acceptors (Lipinski definition) is 6. The van der Waals surface area contributed by atoms with Crippen molar-refractivity contribution in [2.45, 2.75) is 12.5 Å². The molecular weight excluding hydrogens is 370 g/mol. The number of methoxy groups -OCH3 is 1. The second-order valence-corrected chi connectivity index (χ2v) is 6.30. The van der Waals surface area contributed by atoms with Crippen molar-refractivity contribution in [3.8, 4) is 11.5 Å². The number of likely N-dealkylation sites (tertiary alicyclic amines) is 1. The van der Waals surface area contributed by atoms with E-state index in [1.807, 2.05) is 43.3 Å². The van der Waals surface area contributed by atoms with Crippen LogP contribution in [-0.2, 0) is 9.59 Å². The van der Waals surface area contributed by atoms with Gasteiger partial charge < -0.3 is 34.8 Å². The highest BCUT2D eigenvalue weighted by molar-refractivity contribution is 6.27. The molecular formula is C18H27N3O7. The lowest BCUT2D eigenvalue weighted by Gasteiger charge is -2.19. The molecule has 28 heavy (non-hydrogen) atoms. The predicted molar refractivity (Wildman–Crippen MR) is 101 cm³/mol. The molecule has 0 radical (unpaired) electrons. The average molecular weight is 397 g/mol. The van der Waals surface area contributed by atoms with Gasteiger partial charge in [0.1, 0.15) is 17.6 Å². The van der Waals surface area contributed by atoms with Gasteiger partial charge in [-0.3, -0.25) is 0 Å². The number of carboxylic acids is 2. The number of benzene rings is 1. The molecule has 10 heteroatoms. The summed E-state index contributed by atoms with van der Waals surface area (Å²) in [6, 6.07) is 7.53. The van der Waals surface area contributed by atoms with Crippen molar-refractivity contribution in [3.05, 3.63) is 24.3 Å². The van der Waals surface area contributed by atoms with Crippen LogP contribution >= 0.6 is 0 Å². The molecule has 10 nitrogen and oxygen atoms in total. The topological polar surface area (TPSA) is 129 Å². The van der Waals surface area contributed by atoms with Gasteiger partial charge in [0.15, 0.2) is 0 Å². The normalized spacial score (nSPS) is 15.4. The van der Waals surface area contributed by atoms with E-state index in [-0.39, 0.29) is 12.1 Å². The molecule has 0 aromatic heterocycles. The fourth-order valence-electron chi connectivity index (χ4n) is 2.37. The number of amides is 2. The Labute approximate surface area is 163 Å². The van der Waals surface area contributed by atoms with Gasteiger partial charge in [-0.25, -0.2) is 14.4 Å². The Morgan fingerprint density at radius 3 is 2.43 bits per heavy atom. The number of rotatable bonds is 6. The van der Waals surface area contributed by atoms with Crippen LogP contribution < -0.4 is 14.8 Å². The fourth-order valence-corrected chi connectivity index (χ4v) is 2.37. The Balaban J connectivity index is 0.000000568. The number of nitrogens with one attached hydrogen (secondary N) is 1. The van der Waals surface area contributed by atoms with E-state index in [2.05, 4.69) is 5.32 Å². The number of ether oxygens (including phenoxy) is 2. The highest BCUT2D eigenvalue weighted by Crippen LogP contribution is 2.22. The fraction of sp³-hybridized carbons (Fsp3) is 0.500. The zero-order valence-corrected chi connectivity index (χ0v) is 16.3. The van der Waals surface area contributed by atoms with Crippen LogP contribution in [0.25, 0.3) is 0 Å². The van der Waals surface area contributed by atoms with Crippen LogP contribution in [0.4, 0.5) is 4.79 Å². The van der Waals surface area contributed by atoms with E-state index in [9.17, 15) is 4.79 Å². The summed E-state index contributed by atoms with van der Waals surface area (Å²) in [4.78, 5) is 34.1. The maximum absolute atomic E-state index is 12.0. The molecule has 1 atom stereocenters. The van der Waals surface area contributed by atoms with Crippen LogP contribution in [0.5, 0.6) is 11.5 Å². The quantitative estimate of drug-likeness (QED) is 0.595. The number of likely N-dealkylation sites (N-methyl/N-ethyl adjacent to an activating group) is 1. The number of carbonyl (C=O) groups is 3. The van der Waals surface area contributed by atoms with E-state index in [1.165, 1.54) is 0 Å². The highest BCUT2D eigenvalue weighted by Gasteiger charge is 2.27. The van der Waals surface area contributed by atoms with Crippen molar-refractivity contribution >= 4 is 18.0 Å². The van der Waals surface area contributed by atoms with Crippen LogP contribution in [0.2, 0.25) is 0 Å². The van der Waals surface area contributed by atoms with Crippen molar-refractivity contribution in [1.29, 1.82) is 0 Å². The largest absolute Gasteiger partial charge is 0.497 e. The Morgan fingerprint density at radius 1 is 1.21 bits per heavy atom. The SMILES string of the molecule is COc1cccc(OC2CCN(C(=O)NCCN(C)C)C2)c1.O=C(O)C(=O)O. The number of urea groups is 1. The number of carboxylic acid groups (broad SMARTS) is 2. The van der Waals surface area contributed by atoms with E-state index in [0.717, 1.165) is 31.0 Å². The summed E-state index contributed by atoms with van der Waals surface area (Å²) in [5.41, 5.74) is 0. The van der Waals surface area contributed by atoms with Crippen molar-refractivity contribution in [1.82, 2.24) is 15.1 Å². The summed E-state index contributed by atoms with van der Waals surface area (Å²) in [5, 5.41) is 17.7. The van der Waals surface area contributed by atoms with Crippen LogP contribution in [0, 0.1) is 0 Å². The molecule has 1 aromatic rings. The molecule has 1 heterocycles. The van der Waals surface area contributed by atoms with Gasteiger partial charge in [0.2, 0.25) is 0 Å². The average Bonchev–Trinajstić information content (AvgIpc) is 3.10. The Hall–Kier alpha value is -3.01. The van der Waals surface area contributed by atoms with Crippen LogP contribution in [-0.4, -0.2) is 91.5 Å². The molecule has 1 fully saturated rings. The molecule has 0 spiro atoms. The van der Waals surface area contributed by atoms with E-state index in [1.54, 1.807) is 12.0 Å². The van der Waals surface area contributed by atoms with Crippen LogP contribution in [0.3, 0.4) is 0 Å². The Kier molecular flexibility index (Phi) is 9.58. The van der Waals surface area contributed by atoms with Gasteiger partial charge in [0.25, 0.3) is 0 Å². The van der Waals surface area contributed by atoms with Gasteiger partial charge in [0, 0.05) is 32.1 Å². The standard InChI is InChI=1S/C16H25N3O3.C2H2O4/c1-18(2)10-8-17-16(20)19-9-7-15(12-19)22-14-6-4-5-13(11-14)21-3;3-1(4)2(5)6/h4-6,11,15H,7-10,12H2,1-3H3,(H,17,20);(H,3,4)(H,5,6). The van der Waals surface area contributed by atoms with Crippen molar-refractivity contribution < 1.29 is 34.1 Å². The molecule has 0 bridgehead atoms. The third-order valence-electron chi connectivity index (χ3n) is 3.79. The second kappa shape index (κ2) is 11.7. The summed E-state index contributed by atoms with van der Waals surface area (Å²) >= 11 is 0. The first-order valence-corrected chi connectivity index (χ1v) is 8.67. The monoisotopic (exact) mass is 397 g/mol. The number of carbonyl (C=O) groups excluding carboxylic acids is 1. The lowest BCUT2D eigenvalue weighted by atomic mass is 10.3. The van der Waals surface area contributed by atoms with E-state index in [4.69, 9.17) is 29.3 Å². The molecule has 1 unspecified atom stereocenters. The highest BCUT2D eigenvalue weighted by atomic mass is 16.5. The minimum absolute atomic E-state index is 0.0152. The van der Waals surface area contributed by atoms with Crippen LogP contribution in [0.15, 0.2) is 24.3 Å². The maximum Gasteiger partial charge on any atom is 0.414 e. The zero-order chi connectivity index (χ0) is 21.1. The van der Waals surface area contributed by atoms with Crippen molar-refractivity contribution in [2.75, 3.05) is 47.4 Å². The van der Waals surface area contributed by atoms with Gasteiger partial charge in [-0.1, -0.05) is 6.07 Å². The third-order valence-corrected chi connectivity index (χ3v) is 3.79. The smallest absolute Gasteiger partial charge is 0.414 e. The van der Waals surface area contributed by atoms with Gasteiger partial charge in [-0.2, -0.15) is 0 Å². The van der Waals surface area contributed by atoms with E-state index in [0.29, 0.717) is 13.1 Å². The molecule has 1 aromatic carbocycles. The summed E-state index contributed by atoms with van der Waals surface area (Å²) in [7, 11) is 5.61. The van der Waals surface area contributed by atoms with Crippen LogP contribution in [0.1, 0.15) is 6.42 Å². The summed E-state index contributed by atoms with van der Waals surface area (Å²) in [6.07, 6.45) is 0.880. The van der Waals surface area contributed by atoms with E-state index < -0.39 is 11.9 Å². The second-order valence-electron chi connectivity index (χ2n) is 6.30. The van der Waals surface area contributed by atoms with Gasteiger partial charge in [-0.15, -0.1) is 0 Å². The summed E-state index contributed by atoms with van der Waals surface area (Å²) < 4.78 is 11.1. The lowest BCUT2D eigenvalue weighted by Crippen LogP contribution is -2.41. The molecule has 0 aliphatic carbocycles. The predicted octanol–water partition coefficient (Wildman–Crippen LogP) is 0.575. The number of hydrogen-bond donors (Lipinski definition) is 3. The van der Waals surface area contributed by atoms with Gasteiger partial charge >= 0.3 is 18.0 Å². The van der Waals surface area contributed by atoms with Gasteiger partial charge in [0.05, 0.1) is 13.7 Å². The molecule has 156 valence electrons. The minimum atomic E-state index is -1.82. The number of nitrogens with zero attached hydrogens (tertiary/aromatic N) is 2. The Bertz CT molecular complexity index is 654. The third kappa shape index (κ3) is 8.58. The zero-order valence-electron chi connectivity index (χ0n) is 16.3. The molecule has 2 amide bonds. The molecule has 1 saturated heterocycles. The minimum Gasteiger partial charge on any atom is -0.497 e. The summed E-state index contributed by atoms with van der Waals surface area (Å²) in [5.74, 6) is -2.10. The number of aliphatic carboxylic acids is 2. The van der Waals surface area contributed by atoms with Gasteiger partial charge in [-0.05, 0) is 26.2 Å². The molecule has 3 N–H and O–H groups in total. The maximum atomic E-state index is 12.0. The first kappa shape index (κ1) is 23.0. The summed E-state index contributed by atoms with van der Waals surface area (Å²) in [6.45, 7) is 2.83. The van der Waals surface area contributed by atoms with Crippen molar-refractivity contribution in [3.63, 3.8) is 0 Å². The lowest BCUT2D eigenvalue weighted by molar-refractivity contribution is -0.159. The Morgan fingerprint density at radius 2 is 1.86 bits per heavy atom. The first-order valence-electron chi connectivity index (χ1n) is 8.67. The van der Waals surface area contributed by atoms with Crippen molar-refractivity contribution in [2.24, 2.45) is 0 Å². The molecule has 1 aliphatic heterocycles. The first-order chi connectivity index (χ1) is 13.2. The molecule has 2 rings (SSSR count). The molecule has 1 aliphatic rings.